The normalized spacial score (nSPS) is 28.9. The molecular formula is C22H32N2O4. The van der Waals surface area contributed by atoms with E-state index in [-0.39, 0.29) is 17.5 Å². The Bertz CT molecular complexity index is 741. The average Bonchev–Trinajstić information content (AvgIpc) is 3.39. The van der Waals surface area contributed by atoms with Gasteiger partial charge in [0.15, 0.2) is 0 Å². The highest BCUT2D eigenvalue weighted by Gasteiger charge is 2.57. The van der Waals surface area contributed by atoms with E-state index in [1.165, 1.54) is 0 Å². The summed E-state index contributed by atoms with van der Waals surface area (Å²) >= 11 is 0. The second kappa shape index (κ2) is 7.39. The number of amides is 1. The number of carbonyl (C=O) groups excluding carboxylic acids is 1. The molecule has 2 fully saturated rings. The molecule has 1 aliphatic heterocycles. The second-order valence-corrected chi connectivity index (χ2v) is 8.63. The van der Waals surface area contributed by atoms with Crippen LogP contribution in [0.15, 0.2) is 24.3 Å². The van der Waals surface area contributed by atoms with E-state index in [4.69, 9.17) is 4.74 Å². The number of benzene rings is 1. The molecule has 0 unspecified atom stereocenters. The molecule has 2 aliphatic rings. The summed E-state index contributed by atoms with van der Waals surface area (Å²) in [4.78, 5) is 27.4. The lowest BCUT2D eigenvalue weighted by Crippen LogP contribution is -2.48. The van der Waals surface area contributed by atoms with Crippen LogP contribution in [0.4, 0.5) is 0 Å². The molecule has 2 N–H and O–H groups in total. The van der Waals surface area contributed by atoms with Crippen molar-refractivity contribution in [2.45, 2.75) is 63.6 Å². The fraction of sp³-hybridized carbons (Fsp3) is 0.636. The molecule has 3 rings (SSSR count). The van der Waals surface area contributed by atoms with Crippen LogP contribution < -0.4 is 10.1 Å². The zero-order valence-electron chi connectivity index (χ0n) is 17.5. The summed E-state index contributed by atoms with van der Waals surface area (Å²) in [6.45, 7) is 6.14. The SMILES string of the molecule is CC[C@@]1(C(=O)O)C[C@H](C(=O)NC2(C(C)C)CC2)[C@H](c2ccc(OC)cc2)N1C. The van der Waals surface area contributed by atoms with Crippen molar-refractivity contribution in [2.24, 2.45) is 11.8 Å². The molecule has 0 spiro atoms. The van der Waals surface area contributed by atoms with Gasteiger partial charge in [0.1, 0.15) is 11.3 Å². The van der Waals surface area contributed by atoms with Crippen molar-refractivity contribution < 1.29 is 19.4 Å². The van der Waals surface area contributed by atoms with E-state index in [9.17, 15) is 14.7 Å². The van der Waals surface area contributed by atoms with Gasteiger partial charge in [0.2, 0.25) is 5.91 Å². The number of aliphatic carboxylic acids is 1. The first-order valence-electron chi connectivity index (χ1n) is 10.1. The lowest BCUT2D eigenvalue weighted by molar-refractivity contribution is -0.150. The third-order valence-corrected chi connectivity index (χ3v) is 7.07. The first-order chi connectivity index (χ1) is 13.2. The molecule has 1 aromatic rings. The molecule has 3 atom stereocenters. The maximum absolute atomic E-state index is 13.3. The lowest BCUT2D eigenvalue weighted by atomic mass is 9.86. The van der Waals surface area contributed by atoms with Crippen molar-refractivity contribution in [3.05, 3.63) is 29.8 Å². The van der Waals surface area contributed by atoms with E-state index in [1.807, 2.05) is 43.1 Å². The molecule has 6 heteroatoms. The lowest BCUT2D eigenvalue weighted by Gasteiger charge is -2.34. The van der Waals surface area contributed by atoms with Crippen LogP contribution in [0.1, 0.15) is 58.1 Å². The van der Waals surface area contributed by atoms with Crippen molar-refractivity contribution >= 4 is 11.9 Å². The Hall–Kier alpha value is -2.08. The Morgan fingerprint density at radius 1 is 1.29 bits per heavy atom. The Morgan fingerprint density at radius 2 is 1.89 bits per heavy atom. The molecule has 1 saturated heterocycles. The van der Waals surface area contributed by atoms with Crippen LogP contribution in [-0.4, -0.2) is 47.1 Å². The van der Waals surface area contributed by atoms with Gasteiger partial charge in [-0.25, -0.2) is 0 Å². The highest BCUT2D eigenvalue weighted by atomic mass is 16.5. The number of hydrogen-bond donors (Lipinski definition) is 2. The van der Waals surface area contributed by atoms with Crippen molar-refractivity contribution in [3.8, 4) is 5.75 Å². The van der Waals surface area contributed by atoms with Crippen molar-refractivity contribution in [1.29, 1.82) is 0 Å². The molecule has 0 aromatic heterocycles. The fourth-order valence-electron chi connectivity index (χ4n) is 4.75. The number of methoxy groups -OCH3 is 1. The number of rotatable bonds is 7. The topological polar surface area (TPSA) is 78.9 Å². The average molecular weight is 389 g/mol. The van der Waals surface area contributed by atoms with Gasteiger partial charge in [-0.2, -0.15) is 0 Å². The summed E-state index contributed by atoms with van der Waals surface area (Å²) in [5.41, 5.74) is -0.225. The maximum Gasteiger partial charge on any atom is 0.324 e. The number of nitrogens with one attached hydrogen (secondary N) is 1. The Labute approximate surface area is 167 Å². The minimum absolute atomic E-state index is 0.0320. The number of ether oxygens (including phenoxy) is 1. The van der Waals surface area contributed by atoms with Crippen molar-refractivity contribution in [2.75, 3.05) is 14.2 Å². The van der Waals surface area contributed by atoms with Crippen LogP contribution >= 0.6 is 0 Å². The highest BCUT2D eigenvalue weighted by Crippen LogP contribution is 2.49. The van der Waals surface area contributed by atoms with Gasteiger partial charge in [0, 0.05) is 11.6 Å². The van der Waals surface area contributed by atoms with Crippen LogP contribution in [0.2, 0.25) is 0 Å². The van der Waals surface area contributed by atoms with Gasteiger partial charge < -0.3 is 15.2 Å². The van der Waals surface area contributed by atoms with Crippen molar-refractivity contribution in [1.82, 2.24) is 10.2 Å². The number of nitrogens with zero attached hydrogens (tertiary/aromatic N) is 1. The van der Waals surface area contributed by atoms with Gasteiger partial charge >= 0.3 is 5.97 Å². The van der Waals surface area contributed by atoms with Gasteiger partial charge in [-0.05, 0) is 56.3 Å². The maximum atomic E-state index is 13.3. The fourth-order valence-corrected chi connectivity index (χ4v) is 4.75. The van der Waals surface area contributed by atoms with E-state index in [0.29, 0.717) is 18.8 Å². The van der Waals surface area contributed by atoms with E-state index in [2.05, 4.69) is 19.2 Å². The molecule has 6 nitrogen and oxygen atoms in total. The first-order valence-corrected chi connectivity index (χ1v) is 10.1. The summed E-state index contributed by atoms with van der Waals surface area (Å²) in [6.07, 6.45) is 2.74. The van der Waals surface area contributed by atoms with Crippen molar-refractivity contribution in [3.63, 3.8) is 0 Å². The number of hydrogen-bond acceptors (Lipinski definition) is 4. The van der Waals surface area contributed by atoms with E-state index >= 15 is 0 Å². The molecule has 1 aliphatic carbocycles. The molecule has 154 valence electrons. The van der Waals surface area contributed by atoms with Gasteiger partial charge in [0.05, 0.1) is 13.0 Å². The molecule has 28 heavy (non-hydrogen) atoms. The number of likely N-dealkylation sites (tertiary alicyclic amines) is 1. The smallest absolute Gasteiger partial charge is 0.324 e. The van der Waals surface area contributed by atoms with Crippen LogP contribution in [-0.2, 0) is 9.59 Å². The molecule has 0 bridgehead atoms. The number of carboxylic acids is 1. The largest absolute Gasteiger partial charge is 0.497 e. The second-order valence-electron chi connectivity index (χ2n) is 8.63. The monoisotopic (exact) mass is 388 g/mol. The van der Waals surface area contributed by atoms with Gasteiger partial charge in [-0.3, -0.25) is 14.5 Å². The predicted octanol–water partition coefficient (Wildman–Crippen LogP) is 3.23. The molecule has 1 amide bonds. The summed E-state index contributed by atoms with van der Waals surface area (Å²) in [7, 11) is 3.44. The Balaban J connectivity index is 1.96. The molecule has 0 radical (unpaired) electrons. The van der Waals surface area contributed by atoms with Gasteiger partial charge in [0.25, 0.3) is 0 Å². The van der Waals surface area contributed by atoms with Crippen LogP contribution in [0.25, 0.3) is 0 Å². The van der Waals surface area contributed by atoms with Gasteiger partial charge in [-0.15, -0.1) is 0 Å². The van der Waals surface area contributed by atoms with E-state index in [0.717, 1.165) is 24.2 Å². The number of carboxylic acid groups (broad SMARTS) is 1. The quantitative estimate of drug-likeness (QED) is 0.750. The molecule has 1 saturated carbocycles. The van der Waals surface area contributed by atoms with Crippen LogP contribution in [0, 0.1) is 11.8 Å². The summed E-state index contributed by atoms with van der Waals surface area (Å²) in [6, 6.07) is 7.31. The predicted molar refractivity (Wildman–Crippen MR) is 107 cm³/mol. The Morgan fingerprint density at radius 3 is 2.32 bits per heavy atom. The molecule has 1 aromatic carbocycles. The Kier molecular flexibility index (Phi) is 5.45. The van der Waals surface area contributed by atoms with E-state index in [1.54, 1.807) is 7.11 Å². The zero-order chi connectivity index (χ0) is 20.7. The molecule has 1 heterocycles. The highest BCUT2D eigenvalue weighted by molar-refractivity contribution is 5.86. The number of likely N-dealkylation sites (N-methyl/N-ethyl adjacent to an activating group) is 1. The molecular weight excluding hydrogens is 356 g/mol. The third kappa shape index (κ3) is 3.28. The standard InChI is InChI=1S/C22H32N2O4/c1-6-22(20(26)27)13-17(19(25)23-21(11-12-21)14(2)3)18(24(22)4)15-7-9-16(28-5)10-8-15/h7-10,14,17-18H,6,11-13H2,1-5H3,(H,23,25)(H,26,27)/t17-,18-,22-/m0/s1. The van der Waals surface area contributed by atoms with Gasteiger partial charge in [-0.1, -0.05) is 32.9 Å². The van der Waals surface area contributed by atoms with Crippen LogP contribution in [0.3, 0.4) is 0 Å². The summed E-state index contributed by atoms with van der Waals surface area (Å²) in [5.74, 6) is -0.204. The third-order valence-electron chi connectivity index (χ3n) is 7.07. The zero-order valence-corrected chi connectivity index (χ0v) is 17.5. The summed E-state index contributed by atoms with van der Waals surface area (Å²) in [5, 5.41) is 13.3. The first kappa shape index (κ1) is 20.6. The summed E-state index contributed by atoms with van der Waals surface area (Å²) < 4.78 is 5.25. The van der Waals surface area contributed by atoms with Crippen LogP contribution in [0.5, 0.6) is 5.75 Å². The number of carbonyl (C=O) groups is 2. The minimum Gasteiger partial charge on any atom is -0.497 e. The minimum atomic E-state index is -1.04. The van der Waals surface area contributed by atoms with E-state index < -0.39 is 17.4 Å².